The van der Waals surface area contributed by atoms with Gasteiger partial charge in [-0.25, -0.2) is 4.79 Å². The van der Waals surface area contributed by atoms with Crippen LogP contribution in [0.1, 0.15) is 6.42 Å². The minimum atomic E-state index is -0.846. The Labute approximate surface area is 69.9 Å². The van der Waals surface area contributed by atoms with E-state index >= 15 is 0 Å². The Morgan fingerprint density at radius 1 is 1.58 bits per heavy atom. The van der Waals surface area contributed by atoms with Crippen molar-refractivity contribution in [2.24, 2.45) is 5.92 Å². The minimum Gasteiger partial charge on any atom is -0.481 e. The smallest absolute Gasteiger partial charge is 0.409 e. The summed E-state index contributed by atoms with van der Waals surface area (Å²) in [5.74, 6) is -1.27. The number of carbonyl (C=O) groups excluding carboxylic acids is 1. The molecule has 0 aromatic rings. The molecule has 1 amide bonds. The summed E-state index contributed by atoms with van der Waals surface area (Å²) in [5.41, 5.74) is 0. The maximum atomic E-state index is 10.9. The van der Waals surface area contributed by atoms with E-state index in [0.717, 1.165) is 0 Å². The third kappa shape index (κ3) is 1.66. The Morgan fingerprint density at radius 2 is 2.25 bits per heavy atom. The lowest BCUT2D eigenvalue weighted by atomic mass is 10.1. The highest BCUT2D eigenvalue weighted by Gasteiger charge is 2.31. The van der Waals surface area contributed by atoms with Gasteiger partial charge >= 0.3 is 12.1 Å². The average molecular weight is 173 g/mol. The number of likely N-dealkylation sites (tertiary alicyclic amines) is 1. The van der Waals surface area contributed by atoms with Crippen LogP contribution < -0.4 is 0 Å². The summed E-state index contributed by atoms with van der Waals surface area (Å²) in [6.45, 7) is 0.742. The molecule has 1 atom stereocenters. The van der Waals surface area contributed by atoms with Crippen molar-refractivity contribution >= 4 is 12.1 Å². The number of hydrogen-bond acceptors (Lipinski definition) is 3. The molecular weight excluding hydrogens is 162 g/mol. The van der Waals surface area contributed by atoms with E-state index in [-0.39, 0.29) is 6.54 Å². The second-order valence-corrected chi connectivity index (χ2v) is 2.74. The number of amides is 1. The summed E-state index contributed by atoms with van der Waals surface area (Å²) in [7, 11) is 1.29. The maximum absolute atomic E-state index is 10.9. The van der Waals surface area contributed by atoms with Crippen LogP contribution in [0.25, 0.3) is 0 Å². The molecule has 0 aliphatic carbocycles. The zero-order valence-electron chi connectivity index (χ0n) is 6.82. The number of nitrogens with zero attached hydrogens (tertiary/aromatic N) is 1. The van der Waals surface area contributed by atoms with Gasteiger partial charge in [0.15, 0.2) is 0 Å². The van der Waals surface area contributed by atoms with Gasteiger partial charge in [-0.3, -0.25) is 4.79 Å². The van der Waals surface area contributed by atoms with Gasteiger partial charge in [0.25, 0.3) is 0 Å². The van der Waals surface area contributed by atoms with Crippen LogP contribution in [0, 0.1) is 5.92 Å². The van der Waals surface area contributed by atoms with E-state index in [1.807, 2.05) is 0 Å². The highest BCUT2D eigenvalue weighted by Crippen LogP contribution is 2.16. The zero-order chi connectivity index (χ0) is 9.14. The summed E-state index contributed by atoms with van der Waals surface area (Å²) in [5, 5.41) is 8.61. The van der Waals surface area contributed by atoms with Crippen molar-refractivity contribution in [3.8, 4) is 0 Å². The summed E-state index contributed by atoms with van der Waals surface area (Å²) in [6.07, 6.45) is 0.0727. The molecule has 0 aromatic heterocycles. The van der Waals surface area contributed by atoms with Crippen molar-refractivity contribution < 1.29 is 19.4 Å². The van der Waals surface area contributed by atoms with E-state index in [1.165, 1.54) is 12.0 Å². The fourth-order valence-electron chi connectivity index (χ4n) is 1.26. The molecule has 1 saturated heterocycles. The molecule has 5 nitrogen and oxygen atoms in total. The summed E-state index contributed by atoms with van der Waals surface area (Å²) in [6, 6.07) is 0. The Hall–Kier alpha value is -1.26. The second-order valence-electron chi connectivity index (χ2n) is 2.74. The lowest BCUT2D eigenvalue weighted by Crippen LogP contribution is -2.29. The van der Waals surface area contributed by atoms with Crippen molar-refractivity contribution in [1.82, 2.24) is 4.90 Å². The van der Waals surface area contributed by atoms with E-state index in [9.17, 15) is 9.59 Å². The molecule has 0 spiro atoms. The summed E-state index contributed by atoms with van der Waals surface area (Å²) < 4.78 is 4.46. The van der Waals surface area contributed by atoms with E-state index in [2.05, 4.69) is 4.74 Å². The Balaban J connectivity index is 2.45. The molecule has 0 saturated carbocycles. The molecule has 1 aliphatic heterocycles. The van der Waals surface area contributed by atoms with Gasteiger partial charge in [0, 0.05) is 13.1 Å². The quantitative estimate of drug-likeness (QED) is 0.613. The molecule has 1 rings (SSSR count). The number of carbonyl (C=O) groups is 2. The van der Waals surface area contributed by atoms with Gasteiger partial charge in [-0.1, -0.05) is 0 Å². The van der Waals surface area contributed by atoms with Crippen LogP contribution >= 0.6 is 0 Å². The third-order valence-corrected chi connectivity index (χ3v) is 1.97. The van der Waals surface area contributed by atoms with E-state index < -0.39 is 18.0 Å². The second kappa shape index (κ2) is 3.42. The fraction of sp³-hybridized carbons (Fsp3) is 0.714. The maximum Gasteiger partial charge on any atom is 0.409 e. The molecule has 1 fully saturated rings. The van der Waals surface area contributed by atoms with Crippen molar-refractivity contribution in [2.75, 3.05) is 20.2 Å². The van der Waals surface area contributed by atoms with Crippen molar-refractivity contribution in [3.05, 3.63) is 0 Å². The number of carboxylic acids is 1. The predicted molar refractivity (Wildman–Crippen MR) is 39.7 cm³/mol. The van der Waals surface area contributed by atoms with Crippen molar-refractivity contribution in [3.63, 3.8) is 0 Å². The first-order valence-corrected chi connectivity index (χ1v) is 3.71. The molecule has 68 valence electrons. The number of carboxylic acid groups (broad SMARTS) is 1. The minimum absolute atomic E-state index is 0.266. The highest BCUT2D eigenvalue weighted by molar-refractivity contribution is 5.74. The molecule has 0 bridgehead atoms. The Morgan fingerprint density at radius 3 is 2.67 bits per heavy atom. The lowest BCUT2D eigenvalue weighted by Gasteiger charge is -2.12. The predicted octanol–water partition coefficient (Wildman–Crippen LogP) is 0.159. The molecular formula is C7H11NO4. The van der Waals surface area contributed by atoms with E-state index in [4.69, 9.17) is 5.11 Å². The van der Waals surface area contributed by atoms with Crippen LogP contribution in [0.3, 0.4) is 0 Å². The van der Waals surface area contributed by atoms with Crippen LogP contribution in [-0.2, 0) is 9.53 Å². The van der Waals surface area contributed by atoms with Crippen LogP contribution in [0.5, 0.6) is 0 Å². The monoisotopic (exact) mass is 173 g/mol. The summed E-state index contributed by atoms with van der Waals surface area (Å²) >= 11 is 0. The molecule has 1 N–H and O–H groups in total. The molecule has 5 heteroatoms. The van der Waals surface area contributed by atoms with Crippen LogP contribution in [0.15, 0.2) is 0 Å². The van der Waals surface area contributed by atoms with Gasteiger partial charge in [0.05, 0.1) is 13.0 Å². The third-order valence-electron chi connectivity index (χ3n) is 1.97. The molecule has 0 unspecified atom stereocenters. The van der Waals surface area contributed by atoms with Crippen molar-refractivity contribution in [1.29, 1.82) is 0 Å². The van der Waals surface area contributed by atoms with E-state index in [0.29, 0.717) is 13.0 Å². The van der Waals surface area contributed by atoms with Gasteiger partial charge in [-0.2, -0.15) is 0 Å². The lowest BCUT2D eigenvalue weighted by molar-refractivity contribution is -0.141. The standard InChI is InChI=1S/C7H11NO4/c1-12-7(11)8-3-2-5(4-8)6(9)10/h5H,2-4H2,1H3,(H,9,10)/t5-/m0/s1. The topological polar surface area (TPSA) is 66.8 Å². The Kier molecular flexibility index (Phi) is 2.52. The highest BCUT2D eigenvalue weighted by atomic mass is 16.5. The molecule has 0 aromatic carbocycles. The fourth-order valence-corrected chi connectivity index (χ4v) is 1.26. The largest absolute Gasteiger partial charge is 0.481 e. The first-order valence-electron chi connectivity index (χ1n) is 3.71. The molecule has 0 radical (unpaired) electrons. The molecule has 1 aliphatic rings. The van der Waals surface area contributed by atoms with Gasteiger partial charge in [0.2, 0.25) is 0 Å². The molecule has 1 heterocycles. The number of ether oxygens (including phenoxy) is 1. The van der Waals surface area contributed by atoms with Crippen LogP contribution in [0.2, 0.25) is 0 Å². The van der Waals surface area contributed by atoms with Gasteiger partial charge < -0.3 is 14.7 Å². The van der Waals surface area contributed by atoms with Crippen LogP contribution in [0.4, 0.5) is 4.79 Å². The van der Waals surface area contributed by atoms with Gasteiger partial charge in [-0.05, 0) is 6.42 Å². The Bertz CT molecular complexity index is 204. The van der Waals surface area contributed by atoms with Crippen LogP contribution in [-0.4, -0.2) is 42.3 Å². The van der Waals surface area contributed by atoms with Gasteiger partial charge in [0.1, 0.15) is 0 Å². The van der Waals surface area contributed by atoms with E-state index in [1.54, 1.807) is 0 Å². The molecule has 12 heavy (non-hydrogen) atoms. The van der Waals surface area contributed by atoms with Crippen molar-refractivity contribution in [2.45, 2.75) is 6.42 Å². The normalized spacial score (nSPS) is 22.4. The first-order chi connectivity index (χ1) is 5.65. The summed E-state index contributed by atoms with van der Waals surface area (Å²) in [4.78, 5) is 22.8. The zero-order valence-corrected chi connectivity index (χ0v) is 6.82. The van der Waals surface area contributed by atoms with Gasteiger partial charge in [-0.15, -0.1) is 0 Å². The number of methoxy groups -OCH3 is 1. The number of aliphatic carboxylic acids is 1. The average Bonchev–Trinajstić information content (AvgIpc) is 2.51. The first kappa shape index (κ1) is 8.83. The number of hydrogen-bond donors (Lipinski definition) is 1. The number of rotatable bonds is 1. The SMILES string of the molecule is COC(=O)N1CC[C@H](C(=O)O)C1.